The second-order valence-corrected chi connectivity index (χ2v) is 5.44. The zero-order valence-electron chi connectivity index (χ0n) is 9.39. The quantitative estimate of drug-likeness (QED) is 0.848. The van der Waals surface area contributed by atoms with Crippen LogP contribution in [0.2, 0.25) is 0 Å². The molecule has 18 heavy (non-hydrogen) atoms. The van der Waals surface area contributed by atoms with Crippen molar-refractivity contribution >= 4 is 10.0 Å². The van der Waals surface area contributed by atoms with Crippen LogP contribution in [0, 0.1) is 5.82 Å². The van der Waals surface area contributed by atoms with Crippen molar-refractivity contribution in [3.63, 3.8) is 0 Å². The van der Waals surface area contributed by atoms with Crippen molar-refractivity contribution in [1.82, 2.24) is 4.31 Å². The van der Waals surface area contributed by atoms with Gasteiger partial charge in [-0.1, -0.05) is 6.07 Å². The largest absolute Gasteiger partial charge is 0.329 e. The van der Waals surface area contributed by atoms with Crippen molar-refractivity contribution in [3.05, 3.63) is 30.1 Å². The van der Waals surface area contributed by atoms with Crippen molar-refractivity contribution < 1.29 is 21.6 Å². The summed E-state index contributed by atoms with van der Waals surface area (Å²) in [7, 11) is -4.15. The molecule has 0 aromatic heterocycles. The van der Waals surface area contributed by atoms with Gasteiger partial charge in [0, 0.05) is 13.1 Å². The minimum Gasteiger partial charge on any atom is -0.329 e. The number of hydrogen-bond donors (Lipinski definition) is 1. The molecule has 1 rings (SSSR count). The Bertz CT molecular complexity index is 494. The lowest BCUT2D eigenvalue weighted by Crippen LogP contribution is -2.38. The molecule has 0 saturated carbocycles. The summed E-state index contributed by atoms with van der Waals surface area (Å²) >= 11 is 0. The van der Waals surface area contributed by atoms with Gasteiger partial charge in [0.2, 0.25) is 10.0 Å². The van der Waals surface area contributed by atoms with Crippen LogP contribution in [0.5, 0.6) is 0 Å². The summed E-state index contributed by atoms with van der Waals surface area (Å²) < 4.78 is 62.1. The predicted molar refractivity (Wildman–Crippen MR) is 60.2 cm³/mol. The van der Waals surface area contributed by atoms with Crippen molar-refractivity contribution in [2.24, 2.45) is 5.73 Å². The van der Waals surface area contributed by atoms with E-state index in [1.807, 2.05) is 0 Å². The normalized spacial score (nSPS) is 12.3. The molecule has 0 saturated heterocycles. The maximum atomic E-state index is 13.0. The molecule has 102 valence electrons. The molecule has 0 aliphatic rings. The minimum absolute atomic E-state index is 0.0960. The highest BCUT2D eigenvalue weighted by molar-refractivity contribution is 7.89. The van der Waals surface area contributed by atoms with Gasteiger partial charge in [0.05, 0.1) is 11.4 Å². The number of benzene rings is 1. The van der Waals surface area contributed by atoms with Crippen molar-refractivity contribution in [1.29, 1.82) is 0 Å². The van der Waals surface area contributed by atoms with Gasteiger partial charge in [-0.15, -0.1) is 0 Å². The van der Waals surface area contributed by atoms with Crippen LogP contribution < -0.4 is 5.73 Å². The van der Waals surface area contributed by atoms with Gasteiger partial charge in [0.25, 0.3) is 6.43 Å². The van der Waals surface area contributed by atoms with E-state index >= 15 is 0 Å². The molecule has 0 atom stereocenters. The predicted octanol–water partition coefficient (Wildman–Crippen LogP) is 1.04. The first-order chi connectivity index (χ1) is 8.37. The molecule has 1 aromatic carbocycles. The van der Waals surface area contributed by atoms with Crippen molar-refractivity contribution in [3.8, 4) is 0 Å². The van der Waals surface area contributed by atoms with E-state index in [0.717, 1.165) is 18.2 Å². The third-order valence-corrected chi connectivity index (χ3v) is 4.02. The number of nitrogens with two attached hydrogens (primary N) is 1. The smallest absolute Gasteiger partial charge is 0.252 e. The van der Waals surface area contributed by atoms with Gasteiger partial charge >= 0.3 is 0 Å². The van der Waals surface area contributed by atoms with Crippen LogP contribution in [0.15, 0.2) is 29.2 Å². The zero-order chi connectivity index (χ0) is 13.8. The number of hydrogen-bond acceptors (Lipinski definition) is 3. The van der Waals surface area contributed by atoms with Crippen LogP contribution in [0.3, 0.4) is 0 Å². The van der Waals surface area contributed by atoms with Gasteiger partial charge in [0.15, 0.2) is 0 Å². The zero-order valence-corrected chi connectivity index (χ0v) is 10.2. The Hall–Kier alpha value is -1.12. The first kappa shape index (κ1) is 14.9. The monoisotopic (exact) mass is 282 g/mol. The fourth-order valence-corrected chi connectivity index (χ4v) is 2.85. The molecule has 0 radical (unpaired) electrons. The van der Waals surface area contributed by atoms with E-state index in [0.29, 0.717) is 4.31 Å². The summed E-state index contributed by atoms with van der Waals surface area (Å²) in [5.74, 6) is -0.749. The first-order valence-corrected chi connectivity index (χ1v) is 6.56. The van der Waals surface area contributed by atoms with Gasteiger partial charge in [-0.25, -0.2) is 21.6 Å². The van der Waals surface area contributed by atoms with Crippen molar-refractivity contribution in [2.45, 2.75) is 11.3 Å². The third-order valence-electron chi connectivity index (χ3n) is 2.15. The van der Waals surface area contributed by atoms with Crippen LogP contribution in [-0.4, -0.2) is 38.8 Å². The maximum absolute atomic E-state index is 13.0. The molecule has 0 amide bonds. The summed E-state index contributed by atoms with van der Waals surface area (Å²) in [6.45, 7) is -1.31. The van der Waals surface area contributed by atoms with Gasteiger partial charge in [0.1, 0.15) is 5.82 Å². The molecule has 0 spiro atoms. The Morgan fingerprint density at radius 1 is 1.33 bits per heavy atom. The van der Waals surface area contributed by atoms with Crippen LogP contribution >= 0.6 is 0 Å². The lowest BCUT2D eigenvalue weighted by molar-refractivity contribution is 0.120. The van der Waals surface area contributed by atoms with E-state index in [9.17, 15) is 21.6 Å². The summed E-state index contributed by atoms with van der Waals surface area (Å²) in [6, 6.07) is 4.20. The van der Waals surface area contributed by atoms with E-state index in [2.05, 4.69) is 0 Å². The van der Waals surface area contributed by atoms with Crippen LogP contribution in [0.4, 0.5) is 13.2 Å². The fraction of sp³-hybridized carbons (Fsp3) is 0.400. The Labute approximate surface area is 103 Å². The third kappa shape index (κ3) is 3.69. The number of rotatable bonds is 6. The molecule has 0 bridgehead atoms. The fourth-order valence-electron chi connectivity index (χ4n) is 1.38. The molecular weight excluding hydrogens is 269 g/mol. The second kappa shape index (κ2) is 6.17. The van der Waals surface area contributed by atoms with E-state index in [4.69, 9.17) is 5.73 Å². The molecular formula is C10H13F3N2O2S. The topological polar surface area (TPSA) is 63.4 Å². The molecule has 8 heteroatoms. The summed E-state index contributed by atoms with van der Waals surface area (Å²) in [5.41, 5.74) is 5.18. The van der Waals surface area contributed by atoms with Gasteiger partial charge in [-0.2, -0.15) is 4.31 Å². The number of alkyl halides is 2. The molecule has 2 N–H and O–H groups in total. The molecule has 4 nitrogen and oxygen atoms in total. The summed E-state index contributed by atoms with van der Waals surface area (Å²) in [6.07, 6.45) is -2.82. The molecule has 0 unspecified atom stereocenters. The molecule has 0 fully saturated rings. The standard InChI is InChI=1S/C10H13F3N2O2S/c11-8-2-1-3-9(6-8)18(16,17)15(5-4-14)7-10(12)13/h1-3,6,10H,4-5,7,14H2. The van der Waals surface area contributed by atoms with E-state index in [1.165, 1.54) is 6.07 Å². The summed E-state index contributed by atoms with van der Waals surface area (Å²) in [4.78, 5) is -0.364. The Kier molecular flexibility index (Phi) is 5.12. The van der Waals surface area contributed by atoms with Gasteiger partial charge < -0.3 is 5.73 Å². The lowest BCUT2D eigenvalue weighted by Gasteiger charge is -2.21. The Morgan fingerprint density at radius 2 is 2.00 bits per heavy atom. The van der Waals surface area contributed by atoms with Crippen LogP contribution in [0.1, 0.15) is 0 Å². The van der Waals surface area contributed by atoms with Crippen LogP contribution in [0.25, 0.3) is 0 Å². The average Bonchev–Trinajstić information content (AvgIpc) is 2.28. The average molecular weight is 282 g/mol. The Balaban J connectivity index is 3.08. The van der Waals surface area contributed by atoms with Gasteiger partial charge in [-0.3, -0.25) is 0 Å². The second-order valence-electron chi connectivity index (χ2n) is 3.50. The number of sulfonamides is 1. The molecule has 0 heterocycles. The van der Waals surface area contributed by atoms with E-state index in [1.54, 1.807) is 0 Å². The first-order valence-electron chi connectivity index (χ1n) is 5.12. The van der Waals surface area contributed by atoms with Crippen LogP contribution in [-0.2, 0) is 10.0 Å². The Morgan fingerprint density at radius 3 is 2.50 bits per heavy atom. The minimum atomic E-state index is -4.15. The number of halogens is 3. The molecule has 0 aliphatic heterocycles. The van der Waals surface area contributed by atoms with Crippen molar-refractivity contribution in [2.75, 3.05) is 19.6 Å². The SMILES string of the molecule is NCCN(CC(F)F)S(=O)(=O)c1cccc(F)c1. The van der Waals surface area contributed by atoms with E-state index < -0.39 is 28.8 Å². The number of nitrogens with zero attached hydrogens (tertiary/aromatic N) is 1. The highest BCUT2D eigenvalue weighted by Crippen LogP contribution is 2.17. The summed E-state index contributed by atoms with van der Waals surface area (Å²) in [5, 5.41) is 0. The van der Waals surface area contributed by atoms with Gasteiger partial charge in [-0.05, 0) is 18.2 Å². The maximum Gasteiger partial charge on any atom is 0.252 e. The molecule has 0 aliphatic carbocycles. The lowest BCUT2D eigenvalue weighted by atomic mass is 10.4. The highest BCUT2D eigenvalue weighted by Gasteiger charge is 2.26. The van der Waals surface area contributed by atoms with E-state index in [-0.39, 0.29) is 18.0 Å². The highest BCUT2D eigenvalue weighted by atomic mass is 32.2. The molecule has 1 aromatic rings.